The van der Waals surface area contributed by atoms with E-state index in [0.717, 1.165) is 12.8 Å². The van der Waals surface area contributed by atoms with Crippen LogP contribution in [0.3, 0.4) is 0 Å². The van der Waals surface area contributed by atoms with Crippen molar-refractivity contribution in [1.29, 1.82) is 0 Å². The number of likely N-dealkylation sites (tertiary alicyclic amines) is 1. The minimum Gasteiger partial charge on any atom is -0.386 e. The number of nitrogens with two attached hydrogens (primary N) is 1. The van der Waals surface area contributed by atoms with Gasteiger partial charge in [-0.1, -0.05) is 12.1 Å². The molecule has 1 aliphatic rings. The monoisotopic (exact) mass is 252 g/mol. The summed E-state index contributed by atoms with van der Waals surface area (Å²) in [5.41, 5.74) is 6.23. The lowest BCUT2D eigenvalue weighted by molar-refractivity contribution is -0.134. The molecule has 3 N–H and O–H groups in total. The van der Waals surface area contributed by atoms with Crippen molar-refractivity contribution in [3.05, 3.63) is 35.6 Å². The second-order valence-electron chi connectivity index (χ2n) is 4.55. The highest BCUT2D eigenvalue weighted by Crippen LogP contribution is 2.19. The predicted molar refractivity (Wildman–Crippen MR) is 65.1 cm³/mol. The normalized spacial score (nSPS) is 18.7. The van der Waals surface area contributed by atoms with Gasteiger partial charge < -0.3 is 15.7 Å². The highest BCUT2D eigenvalue weighted by Gasteiger charge is 2.29. The third kappa shape index (κ3) is 2.68. The minimum absolute atomic E-state index is 0.246. The zero-order chi connectivity index (χ0) is 13.1. The Morgan fingerprint density at radius 2 is 1.83 bits per heavy atom. The zero-order valence-electron chi connectivity index (χ0n) is 10.1. The van der Waals surface area contributed by atoms with Crippen LogP contribution in [0.15, 0.2) is 24.3 Å². The third-order valence-electron chi connectivity index (χ3n) is 3.25. The lowest BCUT2D eigenvalue weighted by Gasteiger charge is -2.24. The van der Waals surface area contributed by atoms with Gasteiger partial charge >= 0.3 is 0 Å². The first-order valence-corrected chi connectivity index (χ1v) is 6.07. The second-order valence-corrected chi connectivity index (χ2v) is 4.55. The van der Waals surface area contributed by atoms with Crippen LogP contribution in [0.5, 0.6) is 0 Å². The molecule has 0 spiro atoms. The summed E-state index contributed by atoms with van der Waals surface area (Å²) in [7, 11) is 0. The Bertz CT molecular complexity index is 416. The maximum Gasteiger partial charge on any atom is 0.242 e. The topological polar surface area (TPSA) is 66.6 Å². The number of halogens is 1. The molecule has 1 amide bonds. The molecule has 1 aromatic rings. The molecule has 0 radical (unpaired) electrons. The van der Waals surface area contributed by atoms with Crippen molar-refractivity contribution >= 4 is 5.91 Å². The summed E-state index contributed by atoms with van der Waals surface area (Å²) < 4.78 is 12.8. The number of hydrogen-bond donors (Lipinski definition) is 2. The highest BCUT2D eigenvalue weighted by atomic mass is 19.1. The lowest BCUT2D eigenvalue weighted by Crippen LogP contribution is -2.45. The summed E-state index contributed by atoms with van der Waals surface area (Å²) in [6, 6.07) is 4.37. The molecule has 0 aromatic heterocycles. The van der Waals surface area contributed by atoms with Gasteiger partial charge in [0.05, 0.1) is 0 Å². The van der Waals surface area contributed by atoms with Gasteiger partial charge in [0.2, 0.25) is 5.91 Å². The largest absolute Gasteiger partial charge is 0.386 e. The molecule has 18 heavy (non-hydrogen) atoms. The molecule has 0 aliphatic carbocycles. The van der Waals surface area contributed by atoms with Crippen molar-refractivity contribution in [3.63, 3.8) is 0 Å². The van der Waals surface area contributed by atoms with Crippen LogP contribution in [-0.2, 0) is 4.79 Å². The number of carbonyl (C=O) groups excluding carboxylic acids is 1. The maximum absolute atomic E-state index is 12.8. The molecule has 1 saturated heterocycles. The Labute approximate surface area is 105 Å². The van der Waals surface area contributed by atoms with Crippen molar-refractivity contribution in [3.8, 4) is 0 Å². The molecule has 0 saturated carbocycles. The average Bonchev–Trinajstić information content (AvgIpc) is 2.91. The fourth-order valence-corrected chi connectivity index (χ4v) is 2.15. The van der Waals surface area contributed by atoms with E-state index in [1.807, 2.05) is 0 Å². The Morgan fingerprint density at radius 1 is 1.28 bits per heavy atom. The van der Waals surface area contributed by atoms with Gasteiger partial charge in [-0.2, -0.15) is 0 Å². The van der Waals surface area contributed by atoms with Crippen LogP contribution in [0, 0.1) is 5.82 Å². The number of amides is 1. The Morgan fingerprint density at radius 3 is 2.39 bits per heavy atom. The first kappa shape index (κ1) is 13.0. The van der Waals surface area contributed by atoms with Gasteiger partial charge in [-0.15, -0.1) is 0 Å². The third-order valence-corrected chi connectivity index (χ3v) is 3.25. The second kappa shape index (κ2) is 5.46. The molecule has 2 rings (SSSR count). The maximum atomic E-state index is 12.8. The van der Waals surface area contributed by atoms with Crippen LogP contribution in [0.4, 0.5) is 4.39 Å². The summed E-state index contributed by atoms with van der Waals surface area (Å²) in [5.74, 6) is -0.630. The molecule has 98 valence electrons. The lowest BCUT2D eigenvalue weighted by atomic mass is 10.0. The van der Waals surface area contributed by atoms with Gasteiger partial charge in [0, 0.05) is 13.1 Å². The minimum atomic E-state index is -1.10. The van der Waals surface area contributed by atoms with Crippen molar-refractivity contribution < 1.29 is 14.3 Å². The Balaban J connectivity index is 2.05. The number of nitrogens with zero attached hydrogens (tertiary/aromatic N) is 1. The standard InChI is InChI=1S/C13H17FN2O2/c14-10-5-3-9(4-6-10)12(17)11(15)13(18)16-7-1-2-8-16/h3-6,11-12,17H,1-2,7-8,15H2. The molecule has 5 heteroatoms. The van der Waals surface area contributed by atoms with Gasteiger partial charge in [0.15, 0.2) is 0 Å². The summed E-state index contributed by atoms with van der Waals surface area (Å²) in [4.78, 5) is 13.7. The van der Waals surface area contributed by atoms with E-state index in [4.69, 9.17) is 5.73 Å². The van der Waals surface area contributed by atoms with E-state index in [9.17, 15) is 14.3 Å². The van der Waals surface area contributed by atoms with Gasteiger partial charge in [-0.05, 0) is 30.5 Å². The molecule has 2 atom stereocenters. The number of aliphatic hydroxyl groups excluding tert-OH is 1. The molecule has 0 bridgehead atoms. The van der Waals surface area contributed by atoms with Crippen molar-refractivity contribution in [2.75, 3.05) is 13.1 Å². The van der Waals surface area contributed by atoms with E-state index in [2.05, 4.69) is 0 Å². The SMILES string of the molecule is NC(C(=O)N1CCCC1)C(O)c1ccc(F)cc1. The average molecular weight is 252 g/mol. The zero-order valence-corrected chi connectivity index (χ0v) is 10.1. The Kier molecular flexibility index (Phi) is 3.93. The van der Waals surface area contributed by atoms with Crippen LogP contribution in [0.25, 0.3) is 0 Å². The van der Waals surface area contributed by atoms with Gasteiger partial charge in [-0.25, -0.2) is 4.39 Å². The van der Waals surface area contributed by atoms with Crippen LogP contribution in [0.1, 0.15) is 24.5 Å². The number of aliphatic hydroxyl groups is 1. The first-order chi connectivity index (χ1) is 8.59. The number of hydrogen-bond acceptors (Lipinski definition) is 3. The van der Waals surface area contributed by atoms with Crippen LogP contribution < -0.4 is 5.73 Å². The summed E-state index contributed by atoms with van der Waals surface area (Å²) >= 11 is 0. The summed E-state index contributed by atoms with van der Waals surface area (Å²) in [6.07, 6.45) is 0.856. The molecule has 1 heterocycles. The van der Waals surface area contributed by atoms with E-state index in [-0.39, 0.29) is 11.7 Å². The van der Waals surface area contributed by atoms with Crippen molar-refractivity contribution in [2.45, 2.75) is 25.0 Å². The van der Waals surface area contributed by atoms with Crippen molar-refractivity contribution in [1.82, 2.24) is 4.90 Å². The molecule has 4 nitrogen and oxygen atoms in total. The van der Waals surface area contributed by atoms with Crippen LogP contribution in [-0.4, -0.2) is 35.0 Å². The van der Waals surface area contributed by atoms with Gasteiger partial charge in [0.1, 0.15) is 18.0 Å². The van der Waals surface area contributed by atoms with Gasteiger partial charge in [-0.3, -0.25) is 4.79 Å². The first-order valence-electron chi connectivity index (χ1n) is 6.07. The smallest absolute Gasteiger partial charge is 0.242 e. The fourth-order valence-electron chi connectivity index (χ4n) is 2.15. The predicted octanol–water partition coefficient (Wildman–Crippen LogP) is 0.809. The van der Waals surface area contributed by atoms with E-state index < -0.39 is 12.1 Å². The highest BCUT2D eigenvalue weighted by molar-refractivity contribution is 5.82. The van der Waals surface area contributed by atoms with E-state index in [1.54, 1.807) is 4.90 Å². The summed E-state index contributed by atoms with van der Waals surface area (Å²) in [6.45, 7) is 1.39. The molecule has 2 unspecified atom stereocenters. The van der Waals surface area contributed by atoms with E-state index in [1.165, 1.54) is 24.3 Å². The number of benzene rings is 1. The van der Waals surface area contributed by atoms with Crippen molar-refractivity contribution in [2.24, 2.45) is 5.73 Å². The number of carbonyl (C=O) groups is 1. The molecule has 1 fully saturated rings. The Hall–Kier alpha value is -1.46. The fraction of sp³-hybridized carbons (Fsp3) is 0.462. The molecule has 1 aliphatic heterocycles. The van der Waals surface area contributed by atoms with Crippen LogP contribution in [0.2, 0.25) is 0 Å². The van der Waals surface area contributed by atoms with E-state index in [0.29, 0.717) is 18.7 Å². The van der Waals surface area contributed by atoms with Crippen LogP contribution >= 0.6 is 0 Å². The van der Waals surface area contributed by atoms with Gasteiger partial charge in [0.25, 0.3) is 0 Å². The quantitative estimate of drug-likeness (QED) is 0.836. The summed E-state index contributed by atoms with van der Waals surface area (Å²) in [5, 5.41) is 10.0. The molecular formula is C13H17FN2O2. The van der Waals surface area contributed by atoms with E-state index >= 15 is 0 Å². The number of rotatable bonds is 3. The molecular weight excluding hydrogens is 235 g/mol. The molecule has 1 aromatic carbocycles.